The molecule has 0 saturated heterocycles. The highest BCUT2D eigenvalue weighted by atomic mass is 79.9. The molecule has 9 heteroatoms. The number of rotatable bonds is 5. The van der Waals surface area contributed by atoms with Crippen molar-refractivity contribution in [1.82, 2.24) is 0 Å². The fraction of sp³-hybridized carbons (Fsp3) is 0.143. The lowest BCUT2D eigenvalue weighted by molar-refractivity contribution is -0.0498. The zero-order valence-corrected chi connectivity index (χ0v) is 14.7. The molecule has 2 aromatic rings. The first-order chi connectivity index (χ1) is 10.8. The second-order valence-corrected chi connectivity index (χ2v) is 6.69. The van der Waals surface area contributed by atoms with Crippen molar-refractivity contribution >= 4 is 56.2 Å². The molecule has 1 aromatic carbocycles. The van der Waals surface area contributed by atoms with Gasteiger partial charge in [0, 0.05) is 5.02 Å². The Kier molecular flexibility index (Phi) is 5.72. The molecule has 0 atom stereocenters. The summed E-state index contributed by atoms with van der Waals surface area (Å²) in [7, 11) is 0. The molecule has 2 rings (SSSR count). The summed E-state index contributed by atoms with van der Waals surface area (Å²) in [6.45, 7) is -1.68. The number of nitrogens with one attached hydrogen (secondary N) is 1. The van der Waals surface area contributed by atoms with E-state index in [-0.39, 0.29) is 31.6 Å². The van der Waals surface area contributed by atoms with E-state index in [2.05, 4.69) is 26.0 Å². The summed E-state index contributed by atoms with van der Waals surface area (Å²) < 4.78 is 29.6. The summed E-state index contributed by atoms with van der Waals surface area (Å²) in [6.07, 6.45) is 0. The van der Waals surface area contributed by atoms with Crippen molar-refractivity contribution in [3.05, 3.63) is 43.5 Å². The van der Waals surface area contributed by atoms with Crippen LogP contribution >= 0.6 is 38.9 Å². The molecule has 23 heavy (non-hydrogen) atoms. The predicted octanol–water partition coefficient (Wildman–Crippen LogP) is 5.22. The van der Waals surface area contributed by atoms with Crippen LogP contribution in [0.3, 0.4) is 0 Å². The first kappa shape index (κ1) is 17.8. The monoisotopic (exact) mass is 423 g/mol. The maximum absolute atomic E-state index is 12.5. The second kappa shape index (κ2) is 7.37. The summed E-state index contributed by atoms with van der Waals surface area (Å²) in [5.74, 6) is -0.960. The van der Waals surface area contributed by atoms with Crippen molar-refractivity contribution in [2.75, 3.05) is 5.32 Å². The van der Waals surface area contributed by atoms with Crippen molar-refractivity contribution in [2.45, 2.75) is 13.5 Å². The van der Waals surface area contributed by atoms with Crippen LogP contribution in [0.2, 0.25) is 5.02 Å². The van der Waals surface area contributed by atoms with E-state index in [9.17, 15) is 18.4 Å². The normalized spacial score (nSPS) is 10.7. The van der Waals surface area contributed by atoms with Gasteiger partial charge in [-0.3, -0.25) is 9.59 Å². The SMILES string of the molecule is CC(=O)c1ccc(C(=O)Nc2cc(Cl)cc(Br)c2OC(F)F)s1. The molecule has 0 spiro atoms. The summed E-state index contributed by atoms with van der Waals surface area (Å²) in [4.78, 5) is 24.1. The van der Waals surface area contributed by atoms with Gasteiger partial charge in [-0.05, 0) is 47.1 Å². The van der Waals surface area contributed by atoms with E-state index in [1.54, 1.807) is 0 Å². The molecule has 0 bridgehead atoms. The number of benzene rings is 1. The van der Waals surface area contributed by atoms with Crippen LogP contribution in [0.25, 0.3) is 0 Å². The molecule has 0 aliphatic rings. The van der Waals surface area contributed by atoms with Crippen molar-refractivity contribution in [1.29, 1.82) is 0 Å². The molecule has 0 fully saturated rings. The number of thiophene rings is 1. The summed E-state index contributed by atoms with van der Waals surface area (Å²) in [5, 5.41) is 2.68. The Morgan fingerprint density at radius 3 is 2.52 bits per heavy atom. The quantitative estimate of drug-likeness (QED) is 0.670. The highest BCUT2D eigenvalue weighted by Gasteiger charge is 2.18. The minimum atomic E-state index is -3.06. The van der Waals surface area contributed by atoms with Gasteiger partial charge in [0.05, 0.1) is 19.9 Å². The molecular formula is C14H9BrClF2NO3S. The highest BCUT2D eigenvalue weighted by Crippen LogP contribution is 2.38. The largest absolute Gasteiger partial charge is 0.431 e. The maximum atomic E-state index is 12.5. The van der Waals surface area contributed by atoms with Gasteiger partial charge in [0.1, 0.15) is 0 Å². The van der Waals surface area contributed by atoms with Crippen molar-refractivity contribution in [2.24, 2.45) is 0 Å². The molecule has 1 aromatic heterocycles. The number of hydrogen-bond donors (Lipinski definition) is 1. The molecule has 0 radical (unpaired) electrons. The van der Waals surface area contributed by atoms with E-state index in [0.717, 1.165) is 11.3 Å². The van der Waals surface area contributed by atoms with Gasteiger partial charge in [0.15, 0.2) is 11.5 Å². The van der Waals surface area contributed by atoms with Gasteiger partial charge in [-0.15, -0.1) is 11.3 Å². The topological polar surface area (TPSA) is 55.4 Å². The van der Waals surface area contributed by atoms with Gasteiger partial charge in [-0.1, -0.05) is 11.6 Å². The van der Waals surface area contributed by atoms with E-state index in [0.29, 0.717) is 4.88 Å². The third-order valence-electron chi connectivity index (χ3n) is 2.64. The first-order valence-electron chi connectivity index (χ1n) is 6.14. The average molecular weight is 425 g/mol. The third-order valence-corrected chi connectivity index (χ3v) is 4.63. The van der Waals surface area contributed by atoms with E-state index >= 15 is 0 Å². The molecule has 0 saturated carbocycles. The van der Waals surface area contributed by atoms with E-state index in [1.165, 1.54) is 31.2 Å². The number of carbonyl (C=O) groups is 2. The Bertz CT molecular complexity index is 766. The van der Waals surface area contributed by atoms with E-state index < -0.39 is 12.5 Å². The minimum Gasteiger partial charge on any atom is -0.431 e. The number of ether oxygens (including phenoxy) is 1. The molecule has 4 nitrogen and oxygen atoms in total. The Labute approximate surface area is 147 Å². The molecule has 122 valence electrons. The van der Waals surface area contributed by atoms with Gasteiger partial charge in [-0.25, -0.2) is 0 Å². The lowest BCUT2D eigenvalue weighted by Crippen LogP contribution is -2.13. The summed E-state index contributed by atoms with van der Waals surface area (Å²) >= 11 is 9.93. The standard InChI is InChI=1S/C14H9BrClF2NO3S/c1-6(20)10-2-3-11(23-10)13(21)19-9-5-7(16)4-8(15)12(9)22-14(17)18/h2-5,14H,1H3,(H,19,21). The number of hydrogen-bond acceptors (Lipinski definition) is 4. The van der Waals surface area contributed by atoms with Crippen molar-refractivity contribution in [3.63, 3.8) is 0 Å². The minimum absolute atomic E-state index is 0.00699. The number of ketones is 1. The first-order valence-corrected chi connectivity index (χ1v) is 8.12. The third kappa shape index (κ3) is 4.49. The molecule has 0 unspecified atom stereocenters. The molecule has 1 amide bonds. The van der Waals surface area contributed by atoms with Crippen LogP contribution in [0.1, 0.15) is 26.3 Å². The summed E-state index contributed by atoms with van der Waals surface area (Å²) in [6, 6.07) is 5.66. The van der Waals surface area contributed by atoms with Gasteiger partial charge in [0.25, 0.3) is 5.91 Å². The maximum Gasteiger partial charge on any atom is 0.387 e. The smallest absolute Gasteiger partial charge is 0.387 e. The Morgan fingerprint density at radius 1 is 1.30 bits per heavy atom. The highest BCUT2D eigenvalue weighted by molar-refractivity contribution is 9.10. The number of anilines is 1. The van der Waals surface area contributed by atoms with Crippen LogP contribution in [0, 0.1) is 0 Å². The fourth-order valence-corrected chi connectivity index (χ4v) is 3.40. The molecule has 0 aliphatic carbocycles. The van der Waals surface area contributed by atoms with Crippen LogP contribution in [0.4, 0.5) is 14.5 Å². The zero-order chi connectivity index (χ0) is 17.1. The van der Waals surface area contributed by atoms with E-state index in [1.807, 2.05) is 0 Å². The fourth-order valence-electron chi connectivity index (χ4n) is 1.70. The van der Waals surface area contributed by atoms with Gasteiger partial charge < -0.3 is 10.1 Å². The lowest BCUT2D eigenvalue weighted by Gasteiger charge is -2.13. The van der Waals surface area contributed by atoms with Crippen LogP contribution in [-0.2, 0) is 0 Å². The predicted molar refractivity (Wildman–Crippen MR) is 88.1 cm³/mol. The average Bonchev–Trinajstić information content (AvgIpc) is 2.92. The number of halogens is 4. The zero-order valence-electron chi connectivity index (χ0n) is 11.5. The Balaban J connectivity index is 2.30. The Hall–Kier alpha value is -1.51. The summed E-state index contributed by atoms with van der Waals surface area (Å²) in [5.41, 5.74) is -0.00699. The number of carbonyl (C=O) groups excluding carboxylic acids is 2. The number of amides is 1. The number of alkyl halides is 2. The molecule has 1 heterocycles. The molecular weight excluding hydrogens is 416 g/mol. The van der Waals surface area contributed by atoms with Crippen LogP contribution in [0.15, 0.2) is 28.7 Å². The Morgan fingerprint density at radius 2 is 1.96 bits per heavy atom. The number of Topliss-reactive ketones (excluding diaryl/α,β-unsaturated/α-hetero) is 1. The van der Waals surface area contributed by atoms with Crippen LogP contribution < -0.4 is 10.1 Å². The van der Waals surface area contributed by atoms with Crippen LogP contribution in [0.5, 0.6) is 5.75 Å². The molecule has 0 aliphatic heterocycles. The lowest BCUT2D eigenvalue weighted by atomic mass is 10.2. The second-order valence-electron chi connectivity index (χ2n) is 4.32. The van der Waals surface area contributed by atoms with E-state index in [4.69, 9.17) is 11.6 Å². The van der Waals surface area contributed by atoms with Crippen molar-refractivity contribution < 1.29 is 23.1 Å². The molecule has 1 N–H and O–H groups in total. The van der Waals surface area contributed by atoms with Crippen molar-refractivity contribution in [3.8, 4) is 5.75 Å². The van der Waals surface area contributed by atoms with Gasteiger partial charge in [-0.2, -0.15) is 8.78 Å². The van der Waals surface area contributed by atoms with Crippen LogP contribution in [-0.4, -0.2) is 18.3 Å². The van der Waals surface area contributed by atoms with Gasteiger partial charge >= 0.3 is 6.61 Å². The van der Waals surface area contributed by atoms with Gasteiger partial charge in [0.2, 0.25) is 0 Å².